The number of carbonyl (C=O) groups is 2. The zero-order valence-electron chi connectivity index (χ0n) is 12.0. The van der Waals surface area contributed by atoms with Gasteiger partial charge in [-0.2, -0.15) is 0 Å². The molecule has 0 saturated carbocycles. The van der Waals surface area contributed by atoms with E-state index >= 15 is 0 Å². The molecule has 7 heteroatoms. The summed E-state index contributed by atoms with van der Waals surface area (Å²) in [6.07, 6.45) is -0.407. The van der Waals surface area contributed by atoms with Gasteiger partial charge >= 0.3 is 0 Å². The monoisotopic (exact) mass is 336 g/mol. The predicted octanol–water partition coefficient (Wildman–Crippen LogP) is 2.87. The minimum Gasteiger partial charge on any atom is -0.487 e. The molecule has 2 rings (SSSR count). The smallest absolute Gasteiger partial charge is 0.233 e. The van der Waals surface area contributed by atoms with Gasteiger partial charge in [-0.15, -0.1) is 0 Å². The van der Waals surface area contributed by atoms with Crippen molar-refractivity contribution in [2.24, 2.45) is 5.73 Å². The molecule has 0 radical (unpaired) electrons. The van der Waals surface area contributed by atoms with Gasteiger partial charge in [-0.25, -0.2) is 4.39 Å². The number of nitrogens with two attached hydrogens (primary N) is 1. The Balaban J connectivity index is 1.99. The molecule has 0 aromatic heterocycles. The van der Waals surface area contributed by atoms with E-state index in [0.29, 0.717) is 17.0 Å². The Hall–Kier alpha value is -2.60. The molecule has 0 heterocycles. The maximum absolute atomic E-state index is 13.1. The molecule has 0 atom stereocenters. The van der Waals surface area contributed by atoms with Gasteiger partial charge in [0.15, 0.2) is 0 Å². The highest BCUT2D eigenvalue weighted by atomic mass is 35.5. The number of benzene rings is 2. The molecule has 120 valence electrons. The first-order chi connectivity index (χ1) is 10.9. The van der Waals surface area contributed by atoms with E-state index in [1.54, 1.807) is 24.3 Å². The first-order valence-corrected chi connectivity index (χ1v) is 7.07. The zero-order chi connectivity index (χ0) is 16.8. The van der Waals surface area contributed by atoms with Crippen molar-refractivity contribution in [3.63, 3.8) is 0 Å². The van der Waals surface area contributed by atoms with Crippen LogP contribution in [0.4, 0.5) is 10.1 Å². The fourth-order valence-corrected chi connectivity index (χ4v) is 2.08. The van der Waals surface area contributed by atoms with Crippen LogP contribution in [0.2, 0.25) is 5.02 Å². The molecule has 0 bridgehead atoms. The Kier molecular flexibility index (Phi) is 5.54. The van der Waals surface area contributed by atoms with E-state index in [1.807, 2.05) is 0 Å². The number of nitrogens with one attached hydrogen (secondary N) is 1. The van der Waals surface area contributed by atoms with Crippen molar-refractivity contribution in [1.29, 1.82) is 0 Å². The van der Waals surface area contributed by atoms with Crippen LogP contribution in [0, 0.1) is 5.82 Å². The number of anilines is 1. The molecule has 0 aliphatic rings. The Bertz CT molecular complexity index is 737. The normalized spacial score (nSPS) is 10.2. The Labute approximate surface area is 137 Å². The van der Waals surface area contributed by atoms with Gasteiger partial charge < -0.3 is 15.8 Å². The predicted molar refractivity (Wildman–Crippen MR) is 84.6 cm³/mol. The topological polar surface area (TPSA) is 81.4 Å². The van der Waals surface area contributed by atoms with Crippen molar-refractivity contribution in [3.8, 4) is 5.75 Å². The third kappa shape index (κ3) is 5.27. The molecular weight excluding hydrogens is 323 g/mol. The van der Waals surface area contributed by atoms with Crippen LogP contribution in [0.1, 0.15) is 12.0 Å². The molecule has 2 aromatic rings. The first-order valence-electron chi connectivity index (χ1n) is 6.69. The van der Waals surface area contributed by atoms with Gasteiger partial charge in [-0.1, -0.05) is 23.7 Å². The quantitative estimate of drug-likeness (QED) is 0.796. The molecule has 0 saturated heterocycles. The van der Waals surface area contributed by atoms with Crippen LogP contribution < -0.4 is 15.8 Å². The summed E-state index contributed by atoms with van der Waals surface area (Å²) in [5.74, 6) is -1.20. The van der Waals surface area contributed by atoms with Crippen LogP contribution in [0.25, 0.3) is 0 Å². The van der Waals surface area contributed by atoms with E-state index in [4.69, 9.17) is 22.1 Å². The van der Waals surface area contributed by atoms with Crippen LogP contribution in [0.15, 0.2) is 42.5 Å². The Morgan fingerprint density at radius 1 is 1.22 bits per heavy atom. The third-order valence-electron chi connectivity index (χ3n) is 2.83. The van der Waals surface area contributed by atoms with Crippen LogP contribution >= 0.6 is 11.6 Å². The summed E-state index contributed by atoms with van der Waals surface area (Å²) in [7, 11) is 0. The highest BCUT2D eigenvalue weighted by Crippen LogP contribution is 2.28. The molecule has 0 aliphatic carbocycles. The van der Waals surface area contributed by atoms with Gasteiger partial charge in [0.05, 0.1) is 5.02 Å². The number of rotatable bonds is 6. The number of hydrogen-bond donors (Lipinski definition) is 2. The number of hydrogen-bond acceptors (Lipinski definition) is 3. The highest BCUT2D eigenvalue weighted by Gasteiger charge is 2.09. The highest BCUT2D eigenvalue weighted by molar-refractivity contribution is 6.32. The van der Waals surface area contributed by atoms with Gasteiger partial charge in [-0.3, -0.25) is 9.59 Å². The fraction of sp³-hybridized carbons (Fsp3) is 0.125. The molecule has 2 aromatic carbocycles. The summed E-state index contributed by atoms with van der Waals surface area (Å²) < 4.78 is 18.6. The number of halogens is 2. The maximum atomic E-state index is 13.1. The number of primary amides is 1. The standard InChI is InChI=1S/C16H14ClFN2O3/c17-13-7-12(20-16(22)8-15(19)21)4-5-14(13)23-9-10-2-1-3-11(18)6-10/h1-7H,8-9H2,(H2,19,21)(H,20,22). The van der Waals surface area contributed by atoms with Crippen molar-refractivity contribution in [2.45, 2.75) is 13.0 Å². The van der Waals surface area contributed by atoms with Crippen molar-refractivity contribution in [3.05, 3.63) is 58.9 Å². The van der Waals surface area contributed by atoms with Crippen molar-refractivity contribution in [1.82, 2.24) is 0 Å². The van der Waals surface area contributed by atoms with Crippen LogP contribution in [-0.2, 0) is 16.2 Å². The summed E-state index contributed by atoms with van der Waals surface area (Å²) in [6.45, 7) is 0.158. The molecule has 5 nitrogen and oxygen atoms in total. The molecular formula is C16H14ClFN2O3. The summed E-state index contributed by atoms with van der Waals surface area (Å²) in [4.78, 5) is 22.1. The number of carbonyl (C=O) groups excluding carboxylic acids is 2. The Morgan fingerprint density at radius 3 is 2.65 bits per heavy atom. The second-order valence-electron chi connectivity index (χ2n) is 4.76. The first kappa shape index (κ1) is 16.8. The second-order valence-corrected chi connectivity index (χ2v) is 5.16. The Morgan fingerprint density at radius 2 is 2.00 bits per heavy atom. The third-order valence-corrected chi connectivity index (χ3v) is 3.13. The molecule has 3 N–H and O–H groups in total. The van der Waals surface area contributed by atoms with Gasteiger partial charge in [0.1, 0.15) is 24.6 Å². The molecule has 0 spiro atoms. The number of amides is 2. The van der Waals surface area contributed by atoms with Crippen molar-refractivity contribution >= 4 is 29.1 Å². The lowest BCUT2D eigenvalue weighted by atomic mass is 10.2. The molecule has 0 fully saturated rings. The van der Waals surface area contributed by atoms with Gasteiger partial charge in [-0.05, 0) is 35.9 Å². The van der Waals surface area contributed by atoms with Gasteiger partial charge in [0.2, 0.25) is 11.8 Å². The van der Waals surface area contributed by atoms with Crippen LogP contribution in [-0.4, -0.2) is 11.8 Å². The largest absolute Gasteiger partial charge is 0.487 e. The SMILES string of the molecule is NC(=O)CC(=O)Nc1ccc(OCc2cccc(F)c2)c(Cl)c1. The van der Waals surface area contributed by atoms with E-state index in [9.17, 15) is 14.0 Å². The van der Waals surface area contributed by atoms with E-state index in [1.165, 1.54) is 18.2 Å². The molecule has 0 aliphatic heterocycles. The summed E-state index contributed by atoms with van der Waals surface area (Å²) in [5.41, 5.74) is 6.02. The zero-order valence-corrected chi connectivity index (χ0v) is 12.8. The van der Waals surface area contributed by atoms with E-state index < -0.39 is 18.2 Å². The van der Waals surface area contributed by atoms with Crippen molar-refractivity contribution < 1.29 is 18.7 Å². The lowest BCUT2D eigenvalue weighted by Crippen LogP contribution is -2.21. The summed E-state index contributed by atoms with van der Waals surface area (Å²) in [6, 6.07) is 10.7. The fourth-order valence-electron chi connectivity index (χ4n) is 1.85. The van der Waals surface area contributed by atoms with Crippen LogP contribution in [0.5, 0.6) is 5.75 Å². The van der Waals surface area contributed by atoms with E-state index in [2.05, 4.69) is 5.32 Å². The maximum Gasteiger partial charge on any atom is 0.233 e. The lowest BCUT2D eigenvalue weighted by Gasteiger charge is -2.10. The molecule has 2 amide bonds. The lowest BCUT2D eigenvalue weighted by molar-refractivity contribution is -0.124. The van der Waals surface area contributed by atoms with Crippen molar-refractivity contribution in [2.75, 3.05) is 5.32 Å². The van der Waals surface area contributed by atoms with E-state index in [0.717, 1.165) is 0 Å². The van der Waals surface area contributed by atoms with Gasteiger partial charge in [0.25, 0.3) is 0 Å². The number of ether oxygens (including phenoxy) is 1. The average molecular weight is 337 g/mol. The van der Waals surface area contributed by atoms with E-state index in [-0.39, 0.29) is 17.4 Å². The second kappa shape index (κ2) is 7.60. The summed E-state index contributed by atoms with van der Waals surface area (Å²) >= 11 is 6.07. The minimum absolute atomic E-state index is 0.158. The summed E-state index contributed by atoms with van der Waals surface area (Å²) in [5, 5.41) is 2.77. The molecule has 23 heavy (non-hydrogen) atoms. The average Bonchev–Trinajstić information content (AvgIpc) is 2.45. The molecule has 0 unspecified atom stereocenters. The van der Waals surface area contributed by atoms with Crippen LogP contribution in [0.3, 0.4) is 0 Å². The van der Waals surface area contributed by atoms with Gasteiger partial charge in [0, 0.05) is 5.69 Å². The minimum atomic E-state index is -0.719.